The molecule has 0 atom stereocenters. The van der Waals surface area contributed by atoms with Crippen molar-refractivity contribution in [3.8, 4) is 0 Å². The number of fused-ring (bicyclic) bond motifs is 1. The molecule has 2 rings (SSSR count). The van der Waals surface area contributed by atoms with E-state index in [0.717, 1.165) is 12.2 Å². The molecule has 0 radical (unpaired) electrons. The van der Waals surface area contributed by atoms with Gasteiger partial charge in [0.05, 0.1) is 18.4 Å². The van der Waals surface area contributed by atoms with E-state index in [1.54, 1.807) is 11.0 Å². The van der Waals surface area contributed by atoms with Crippen LogP contribution in [0.4, 0.5) is 0 Å². The van der Waals surface area contributed by atoms with Gasteiger partial charge in [-0.25, -0.2) is 0 Å². The van der Waals surface area contributed by atoms with Gasteiger partial charge < -0.3 is 5.43 Å². The van der Waals surface area contributed by atoms with Gasteiger partial charge >= 0.3 is 0 Å². The Morgan fingerprint density at radius 2 is 2.67 bits per heavy atom. The Morgan fingerprint density at radius 3 is 3.56 bits per heavy atom. The first-order valence-electron chi connectivity index (χ1n) is 2.91. The van der Waals surface area contributed by atoms with Crippen LogP contribution in [0.2, 0.25) is 0 Å². The molecule has 9 heavy (non-hydrogen) atoms. The maximum absolute atomic E-state index is 4.01. The lowest BCUT2D eigenvalue weighted by atomic mass is 10.3. The van der Waals surface area contributed by atoms with E-state index in [4.69, 9.17) is 0 Å². The molecule has 0 bridgehead atoms. The smallest absolute Gasteiger partial charge is 0.0843 e. The third-order valence-corrected chi connectivity index (χ3v) is 1.32. The molecular formula is C6H7N3. The van der Waals surface area contributed by atoms with Crippen LogP contribution in [0.5, 0.6) is 0 Å². The van der Waals surface area contributed by atoms with Crippen LogP contribution in [0.1, 0.15) is 5.69 Å². The second-order valence-electron chi connectivity index (χ2n) is 1.93. The minimum atomic E-state index is 0.870. The zero-order chi connectivity index (χ0) is 6.10. The van der Waals surface area contributed by atoms with E-state index in [-0.39, 0.29) is 0 Å². The third kappa shape index (κ3) is 0.614. The molecule has 1 N–H and O–H groups in total. The highest BCUT2D eigenvalue weighted by Crippen LogP contribution is 2.01. The van der Waals surface area contributed by atoms with Crippen LogP contribution < -0.4 is 5.43 Å². The topological polar surface area (TPSA) is 29.9 Å². The molecule has 1 aromatic rings. The zero-order valence-corrected chi connectivity index (χ0v) is 4.91. The third-order valence-electron chi connectivity index (χ3n) is 1.32. The first-order chi connectivity index (χ1) is 4.47. The molecule has 0 saturated heterocycles. The van der Waals surface area contributed by atoms with Gasteiger partial charge in [0.25, 0.3) is 0 Å². The highest BCUT2D eigenvalue weighted by molar-refractivity contribution is 5.46. The van der Waals surface area contributed by atoms with E-state index in [1.807, 2.05) is 12.1 Å². The standard InChI is InChI=1S/C6H7N3/c1-2-6-3-5-8-9(6)7-4-1/h1-3,5,7H,4H2. The minimum Gasteiger partial charge on any atom is -0.306 e. The quantitative estimate of drug-likeness (QED) is 0.540. The van der Waals surface area contributed by atoms with Crippen molar-refractivity contribution in [3.05, 3.63) is 24.0 Å². The largest absolute Gasteiger partial charge is 0.306 e. The molecule has 0 unspecified atom stereocenters. The lowest BCUT2D eigenvalue weighted by Crippen LogP contribution is -2.19. The van der Waals surface area contributed by atoms with Gasteiger partial charge in [-0.1, -0.05) is 6.08 Å². The minimum absolute atomic E-state index is 0.870. The van der Waals surface area contributed by atoms with E-state index in [9.17, 15) is 0 Å². The molecule has 0 aromatic carbocycles. The Bertz CT molecular complexity index is 236. The van der Waals surface area contributed by atoms with Crippen LogP contribution in [0, 0.1) is 0 Å². The zero-order valence-electron chi connectivity index (χ0n) is 4.91. The lowest BCUT2D eigenvalue weighted by Gasteiger charge is -2.08. The molecule has 0 amide bonds. The number of nitrogens with zero attached hydrogens (tertiary/aromatic N) is 2. The van der Waals surface area contributed by atoms with Crippen LogP contribution in [0.25, 0.3) is 6.08 Å². The van der Waals surface area contributed by atoms with Crippen LogP contribution in [-0.2, 0) is 0 Å². The van der Waals surface area contributed by atoms with Gasteiger partial charge in [-0.05, 0) is 12.1 Å². The Balaban J connectivity index is 2.53. The molecule has 3 nitrogen and oxygen atoms in total. The average molecular weight is 121 g/mol. The number of hydrogen-bond acceptors (Lipinski definition) is 2. The Hall–Kier alpha value is -1.25. The number of aromatic nitrogens is 2. The van der Waals surface area contributed by atoms with Crippen molar-refractivity contribution in [2.45, 2.75) is 0 Å². The molecule has 0 fully saturated rings. The molecule has 1 aliphatic rings. The predicted molar refractivity (Wildman–Crippen MR) is 35.5 cm³/mol. The van der Waals surface area contributed by atoms with E-state index < -0.39 is 0 Å². The summed E-state index contributed by atoms with van der Waals surface area (Å²) in [6.07, 6.45) is 5.89. The predicted octanol–water partition coefficient (Wildman–Crippen LogP) is 0.453. The lowest BCUT2D eigenvalue weighted by molar-refractivity contribution is 0.745. The highest BCUT2D eigenvalue weighted by Gasteiger charge is 1.98. The monoisotopic (exact) mass is 121 g/mol. The van der Waals surface area contributed by atoms with Crippen LogP contribution in [-0.4, -0.2) is 16.4 Å². The van der Waals surface area contributed by atoms with Gasteiger partial charge in [0.15, 0.2) is 0 Å². The summed E-state index contributed by atoms with van der Waals surface area (Å²) in [7, 11) is 0. The van der Waals surface area contributed by atoms with Crippen molar-refractivity contribution in [2.75, 3.05) is 12.0 Å². The van der Waals surface area contributed by atoms with E-state index >= 15 is 0 Å². The fraction of sp³-hybridized carbons (Fsp3) is 0.167. The summed E-state index contributed by atoms with van der Waals surface area (Å²) < 4.78 is 0. The van der Waals surface area contributed by atoms with Crippen LogP contribution in [0.3, 0.4) is 0 Å². The Morgan fingerprint density at radius 1 is 1.67 bits per heavy atom. The fourth-order valence-corrected chi connectivity index (χ4v) is 0.891. The van der Waals surface area contributed by atoms with Gasteiger partial charge in [-0.2, -0.15) is 9.89 Å². The van der Waals surface area contributed by atoms with Crippen molar-refractivity contribution in [1.29, 1.82) is 0 Å². The number of hydrogen-bond donors (Lipinski definition) is 1. The molecule has 0 aliphatic carbocycles. The SMILES string of the molecule is C1=Cc2ccnn2NC1. The van der Waals surface area contributed by atoms with Crippen molar-refractivity contribution in [1.82, 2.24) is 9.89 Å². The maximum atomic E-state index is 4.01. The number of nitrogens with one attached hydrogen (secondary N) is 1. The highest BCUT2D eigenvalue weighted by atomic mass is 15.6. The maximum Gasteiger partial charge on any atom is 0.0843 e. The average Bonchev–Trinajstić information content (AvgIpc) is 2.33. The fourth-order valence-electron chi connectivity index (χ4n) is 0.891. The molecule has 2 heterocycles. The van der Waals surface area contributed by atoms with Gasteiger partial charge in [0, 0.05) is 0 Å². The molecule has 0 spiro atoms. The van der Waals surface area contributed by atoms with Crippen molar-refractivity contribution < 1.29 is 0 Å². The van der Waals surface area contributed by atoms with Gasteiger partial charge in [0.2, 0.25) is 0 Å². The molecule has 1 aliphatic heterocycles. The van der Waals surface area contributed by atoms with Gasteiger partial charge in [-0.3, -0.25) is 0 Å². The molecule has 46 valence electrons. The summed E-state index contributed by atoms with van der Waals surface area (Å²) >= 11 is 0. The van der Waals surface area contributed by atoms with E-state index in [2.05, 4.69) is 16.6 Å². The summed E-state index contributed by atoms with van der Waals surface area (Å²) in [6, 6.07) is 1.96. The first kappa shape index (κ1) is 4.61. The molecular weight excluding hydrogens is 114 g/mol. The summed E-state index contributed by atoms with van der Waals surface area (Å²) in [4.78, 5) is 1.76. The summed E-state index contributed by atoms with van der Waals surface area (Å²) in [5.74, 6) is 0. The van der Waals surface area contributed by atoms with Crippen molar-refractivity contribution >= 4 is 6.08 Å². The van der Waals surface area contributed by atoms with Gasteiger partial charge in [-0.15, -0.1) is 0 Å². The Kier molecular flexibility index (Phi) is 0.828. The van der Waals surface area contributed by atoms with Crippen LogP contribution >= 0.6 is 0 Å². The number of rotatable bonds is 0. The van der Waals surface area contributed by atoms with Crippen molar-refractivity contribution in [3.63, 3.8) is 0 Å². The first-order valence-corrected chi connectivity index (χ1v) is 2.91. The summed E-state index contributed by atoms with van der Waals surface area (Å²) in [6.45, 7) is 0.870. The summed E-state index contributed by atoms with van der Waals surface area (Å²) in [5.41, 5.74) is 4.17. The molecule has 3 heteroatoms. The second-order valence-corrected chi connectivity index (χ2v) is 1.93. The van der Waals surface area contributed by atoms with E-state index in [1.165, 1.54) is 0 Å². The summed E-state index contributed by atoms with van der Waals surface area (Å²) in [5, 5.41) is 4.01. The normalized spacial score (nSPS) is 14.7. The van der Waals surface area contributed by atoms with E-state index in [0.29, 0.717) is 0 Å². The Labute approximate surface area is 53.0 Å². The second kappa shape index (κ2) is 1.62. The van der Waals surface area contributed by atoms with Crippen molar-refractivity contribution in [2.24, 2.45) is 0 Å². The van der Waals surface area contributed by atoms with Gasteiger partial charge in [0.1, 0.15) is 0 Å². The molecule has 0 saturated carbocycles. The van der Waals surface area contributed by atoms with Crippen LogP contribution in [0.15, 0.2) is 18.3 Å². The molecule has 1 aromatic heterocycles.